The highest BCUT2D eigenvalue weighted by Crippen LogP contribution is 2.18. The molecular weight excluding hydrogens is 324 g/mol. The Labute approximate surface area is 146 Å². The number of para-hydroxylation sites is 1. The summed E-state index contributed by atoms with van der Waals surface area (Å²) in [6.45, 7) is 0.930. The highest BCUT2D eigenvalue weighted by molar-refractivity contribution is 7.98. The molecule has 0 aliphatic heterocycles. The molecule has 0 spiro atoms. The van der Waals surface area contributed by atoms with Gasteiger partial charge in [-0.2, -0.15) is 0 Å². The average Bonchev–Trinajstić information content (AvgIpc) is 2.64. The third kappa shape index (κ3) is 6.14. The molecule has 0 aliphatic carbocycles. The molecule has 0 unspecified atom stereocenters. The van der Waals surface area contributed by atoms with Gasteiger partial charge in [0.2, 0.25) is 0 Å². The highest BCUT2D eigenvalue weighted by Gasteiger charge is 2.09. The van der Waals surface area contributed by atoms with Crippen LogP contribution in [0.1, 0.15) is 11.7 Å². The third-order valence-corrected chi connectivity index (χ3v) is 4.10. The number of aliphatic hydroxyl groups excluding tert-OH is 1. The van der Waals surface area contributed by atoms with Crippen molar-refractivity contribution in [1.29, 1.82) is 0 Å². The molecule has 2 aromatic rings. The summed E-state index contributed by atoms with van der Waals surface area (Å²) in [5.41, 5.74) is 0.778. The lowest BCUT2D eigenvalue weighted by atomic mass is 10.1. The van der Waals surface area contributed by atoms with E-state index in [2.05, 4.69) is 10.6 Å². The van der Waals surface area contributed by atoms with Gasteiger partial charge in [-0.3, -0.25) is 0 Å². The fraction of sp³-hybridized carbons (Fsp3) is 0.278. The number of hydrogen-bond acceptors (Lipinski definition) is 4. The van der Waals surface area contributed by atoms with Crippen LogP contribution >= 0.6 is 11.8 Å². The summed E-state index contributed by atoms with van der Waals surface area (Å²) in [4.78, 5) is 12.8. The molecule has 0 saturated carbocycles. The topological polar surface area (TPSA) is 70.6 Å². The Hall–Kier alpha value is -2.18. The summed E-state index contributed by atoms with van der Waals surface area (Å²) in [5, 5.41) is 15.4. The normalized spacial score (nSPS) is 11.6. The van der Waals surface area contributed by atoms with Crippen LogP contribution in [0.4, 0.5) is 4.79 Å². The standard InChI is InChI=1S/C18H22N2O3S/c1-24-16-9-7-14(8-10-16)17(21)13-20-18(22)19-11-12-23-15-5-3-2-4-6-15/h2-10,17,21H,11-13H2,1H3,(H2,19,20,22)/t17-/m0/s1. The Balaban J connectivity index is 1.63. The molecule has 0 fully saturated rings. The number of aliphatic hydroxyl groups is 1. The lowest BCUT2D eigenvalue weighted by Gasteiger charge is -2.13. The molecule has 5 nitrogen and oxygen atoms in total. The van der Waals surface area contributed by atoms with Gasteiger partial charge in [0.05, 0.1) is 12.6 Å². The Bertz CT molecular complexity index is 620. The number of carbonyl (C=O) groups is 1. The minimum Gasteiger partial charge on any atom is -0.492 e. The number of benzene rings is 2. The largest absolute Gasteiger partial charge is 0.492 e. The molecule has 2 aromatic carbocycles. The van der Waals surface area contributed by atoms with Gasteiger partial charge in [0.25, 0.3) is 0 Å². The van der Waals surface area contributed by atoms with Gasteiger partial charge in [0, 0.05) is 11.4 Å². The van der Waals surface area contributed by atoms with Gasteiger partial charge in [0.1, 0.15) is 12.4 Å². The molecule has 0 saturated heterocycles. The monoisotopic (exact) mass is 346 g/mol. The molecule has 3 N–H and O–H groups in total. The van der Waals surface area contributed by atoms with Crippen LogP contribution in [0.15, 0.2) is 59.5 Å². The smallest absolute Gasteiger partial charge is 0.315 e. The number of rotatable bonds is 8. The zero-order valence-electron chi connectivity index (χ0n) is 13.6. The van der Waals surface area contributed by atoms with Crippen molar-refractivity contribution in [3.8, 4) is 5.75 Å². The van der Waals surface area contributed by atoms with Crippen LogP contribution in [0.25, 0.3) is 0 Å². The maximum atomic E-state index is 11.7. The van der Waals surface area contributed by atoms with Gasteiger partial charge in [-0.1, -0.05) is 30.3 Å². The zero-order valence-corrected chi connectivity index (χ0v) is 14.4. The van der Waals surface area contributed by atoms with Crippen LogP contribution in [-0.4, -0.2) is 37.1 Å². The Kier molecular flexibility index (Phi) is 7.45. The van der Waals surface area contributed by atoms with Crippen molar-refractivity contribution < 1.29 is 14.6 Å². The van der Waals surface area contributed by atoms with E-state index in [1.807, 2.05) is 60.9 Å². The summed E-state index contributed by atoms with van der Waals surface area (Å²) in [5.74, 6) is 0.767. The summed E-state index contributed by atoms with van der Waals surface area (Å²) < 4.78 is 5.48. The van der Waals surface area contributed by atoms with E-state index in [4.69, 9.17) is 4.74 Å². The van der Waals surface area contributed by atoms with Crippen molar-refractivity contribution in [2.24, 2.45) is 0 Å². The second-order valence-electron chi connectivity index (χ2n) is 5.09. The van der Waals surface area contributed by atoms with Crippen molar-refractivity contribution in [2.75, 3.05) is 26.0 Å². The van der Waals surface area contributed by atoms with Gasteiger partial charge in [-0.05, 0) is 36.1 Å². The number of amides is 2. The van der Waals surface area contributed by atoms with Gasteiger partial charge in [-0.15, -0.1) is 11.8 Å². The molecule has 1 atom stereocenters. The summed E-state index contributed by atoms with van der Waals surface area (Å²) in [6, 6.07) is 16.7. The first-order chi connectivity index (χ1) is 11.7. The number of carbonyl (C=O) groups excluding carboxylic acids is 1. The van der Waals surface area contributed by atoms with Gasteiger partial charge in [-0.25, -0.2) is 4.79 Å². The van der Waals surface area contributed by atoms with E-state index in [0.29, 0.717) is 13.2 Å². The van der Waals surface area contributed by atoms with Crippen LogP contribution in [0.5, 0.6) is 5.75 Å². The molecule has 0 aliphatic rings. The number of ether oxygens (including phenoxy) is 1. The molecule has 0 heterocycles. The maximum absolute atomic E-state index is 11.7. The third-order valence-electron chi connectivity index (χ3n) is 3.36. The minimum atomic E-state index is -0.729. The number of hydrogen-bond donors (Lipinski definition) is 3. The van der Waals surface area contributed by atoms with Crippen LogP contribution < -0.4 is 15.4 Å². The first-order valence-electron chi connectivity index (χ1n) is 7.70. The second kappa shape index (κ2) is 9.85. The van der Waals surface area contributed by atoms with Gasteiger partial charge >= 0.3 is 6.03 Å². The lowest BCUT2D eigenvalue weighted by Crippen LogP contribution is -2.39. The zero-order chi connectivity index (χ0) is 17.2. The molecular formula is C18H22N2O3S. The summed E-state index contributed by atoms with van der Waals surface area (Å²) >= 11 is 1.64. The van der Waals surface area contributed by atoms with Crippen LogP contribution in [0.3, 0.4) is 0 Å². The van der Waals surface area contributed by atoms with E-state index in [1.54, 1.807) is 11.8 Å². The van der Waals surface area contributed by atoms with Gasteiger partial charge in [0.15, 0.2) is 0 Å². The van der Waals surface area contributed by atoms with E-state index in [1.165, 1.54) is 0 Å². The highest BCUT2D eigenvalue weighted by atomic mass is 32.2. The van der Waals surface area contributed by atoms with Crippen molar-refractivity contribution >= 4 is 17.8 Å². The van der Waals surface area contributed by atoms with Crippen molar-refractivity contribution in [1.82, 2.24) is 10.6 Å². The fourth-order valence-corrected chi connectivity index (χ4v) is 2.45. The Morgan fingerprint density at radius 2 is 1.83 bits per heavy atom. The first kappa shape index (κ1) is 18.2. The van der Waals surface area contributed by atoms with Crippen molar-refractivity contribution in [3.05, 3.63) is 60.2 Å². The van der Waals surface area contributed by atoms with Crippen LogP contribution in [0, 0.1) is 0 Å². The molecule has 24 heavy (non-hydrogen) atoms. The van der Waals surface area contributed by atoms with Gasteiger partial charge < -0.3 is 20.5 Å². The minimum absolute atomic E-state index is 0.157. The van der Waals surface area contributed by atoms with Crippen LogP contribution in [0.2, 0.25) is 0 Å². The predicted molar refractivity (Wildman–Crippen MR) is 96.5 cm³/mol. The summed E-state index contributed by atoms with van der Waals surface area (Å²) in [7, 11) is 0. The van der Waals surface area contributed by atoms with Crippen LogP contribution in [-0.2, 0) is 0 Å². The Morgan fingerprint density at radius 3 is 2.50 bits per heavy atom. The lowest BCUT2D eigenvalue weighted by molar-refractivity contribution is 0.172. The number of nitrogens with one attached hydrogen (secondary N) is 2. The predicted octanol–water partition coefficient (Wildman–Crippen LogP) is 2.82. The fourth-order valence-electron chi connectivity index (χ4n) is 2.05. The number of urea groups is 1. The SMILES string of the molecule is CSc1ccc([C@@H](O)CNC(=O)NCCOc2ccccc2)cc1. The number of thioether (sulfide) groups is 1. The van der Waals surface area contributed by atoms with E-state index in [9.17, 15) is 9.90 Å². The van der Waals surface area contributed by atoms with E-state index < -0.39 is 6.10 Å². The average molecular weight is 346 g/mol. The quantitative estimate of drug-likeness (QED) is 0.508. The summed E-state index contributed by atoms with van der Waals surface area (Å²) in [6.07, 6.45) is 1.27. The molecule has 0 aromatic heterocycles. The molecule has 128 valence electrons. The Morgan fingerprint density at radius 1 is 1.12 bits per heavy atom. The molecule has 6 heteroatoms. The molecule has 2 amide bonds. The van der Waals surface area contributed by atoms with E-state index >= 15 is 0 Å². The molecule has 0 bridgehead atoms. The molecule has 2 rings (SSSR count). The van der Waals surface area contributed by atoms with Crippen molar-refractivity contribution in [2.45, 2.75) is 11.0 Å². The first-order valence-corrected chi connectivity index (χ1v) is 8.93. The molecule has 0 radical (unpaired) electrons. The van der Waals surface area contributed by atoms with Crippen molar-refractivity contribution in [3.63, 3.8) is 0 Å². The van der Waals surface area contributed by atoms with E-state index in [0.717, 1.165) is 16.2 Å². The van der Waals surface area contributed by atoms with E-state index in [-0.39, 0.29) is 12.6 Å². The maximum Gasteiger partial charge on any atom is 0.315 e. The second-order valence-corrected chi connectivity index (χ2v) is 5.97.